The Morgan fingerprint density at radius 3 is 1.96 bits per heavy atom. The molecule has 0 bridgehead atoms. The molecule has 0 aromatic heterocycles. The second kappa shape index (κ2) is 7.24. The zero-order chi connectivity index (χ0) is 18.7. The maximum atomic E-state index is 12.3. The number of rotatable bonds is 7. The fourth-order valence-corrected chi connectivity index (χ4v) is 1.94. The molecule has 1 atom stereocenters. The summed E-state index contributed by atoms with van der Waals surface area (Å²) in [5.41, 5.74) is -6.84. The highest BCUT2D eigenvalue weighted by atomic mass is 32.2. The van der Waals surface area contributed by atoms with Crippen molar-refractivity contribution in [3.63, 3.8) is 0 Å². The van der Waals surface area contributed by atoms with E-state index < -0.39 is 52.2 Å². The Morgan fingerprint density at radius 2 is 1.61 bits per heavy atom. The van der Waals surface area contributed by atoms with Crippen LogP contribution in [0.15, 0.2) is 0 Å². The van der Waals surface area contributed by atoms with E-state index in [2.05, 4.69) is 4.74 Å². The SMILES string of the molecule is CCC(C)(C)C(=O)OCC(CC(F)(F)F)NS(=O)(=O)C(F)(F)F. The number of sulfonamides is 1. The Bertz CT molecular complexity index is 512. The summed E-state index contributed by atoms with van der Waals surface area (Å²) < 4.78 is 101. The fourth-order valence-electron chi connectivity index (χ4n) is 1.22. The standard InChI is InChI=1S/C11H17F6NO4S/c1-4-9(2,3)8(19)22-6-7(5-10(12,13)14)18-23(20,21)11(15,16)17/h7,18H,4-6H2,1-3H3. The van der Waals surface area contributed by atoms with Crippen LogP contribution in [0.1, 0.15) is 33.6 Å². The van der Waals surface area contributed by atoms with E-state index in [1.54, 1.807) is 6.92 Å². The minimum absolute atomic E-state index is 0.268. The van der Waals surface area contributed by atoms with Gasteiger partial charge >= 0.3 is 27.7 Å². The molecule has 0 heterocycles. The Morgan fingerprint density at radius 1 is 1.13 bits per heavy atom. The molecule has 0 aliphatic rings. The lowest BCUT2D eigenvalue weighted by Gasteiger charge is -2.24. The van der Waals surface area contributed by atoms with Gasteiger partial charge in [-0.2, -0.15) is 26.3 Å². The molecule has 1 unspecified atom stereocenters. The van der Waals surface area contributed by atoms with Gasteiger partial charge in [-0.25, -0.2) is 13.1 Å². The zero-order valence-electron chi connectivity index (χ0n) is 12.5. The lowest BCUT2D eigenvalue weighted by molar-refractivity contribution is -0.160. The molecule has 0 aliphatic carbocycles. The van der Waals surface area contributed by atoms with Crippen molar-refractivity contribution in [3.8, 4) is 0 Å². The van der Waals surface area contributed by atoms with Crippen molar-refractivity contribution in [1.29, 1.82) is 0 Å². The van der Waals surface area contributed by atoms with E-state index in [-0.39, 0.29) is 6.42 Å². The molecule has 0 aromatic carbocycles. The van der Waals surface area contributed by atoms with E-state index in [1.807, 2.05) is 0 Å². The van der Waals surface area contributed by atoms with Crippen LogP contribution in [0.2, 0.25) is 0 Å². The topological polar surface area (TPSA) is 72.5 Å². The average molecular weight is 373 g/mol. The number of nitrogens with one attached hydrogen (secondary N) is 1. The number of esters is 1. The molecule has 12 heteroatoms. The molecule has 0 spiro atoms. The van der Waals surface area contributed by atoms with E-state index in [9.17, 15) is 39.6 Å². The molecule has 1 N–H and O–H groups in total. The van der Waals surface area contributed by atoms with Gasteiger partial charge in [-0.15, -0.1) is 0 Å². The Labute approximate surface area is 129 Å². The second-order valence-corrected chi connectivity index (χ2v) is 7.12. The first-order valence-corrected chi connectivity index (χ1v) is 7.82. The van der Waals surface area contributed by atoms with Crippen LogP contribution in [0.5, 0.6) is 0 Å². The summed E-state index contributed by atoms with van der Waals surface area (Å²) in [4.78, 5) is 11.6. The van der Waals surface area contributed by atoms with Crippen LogP contribution in [0.3, 0.4) is 0 Å². The van der Waals surface area contributed by atoms with Gasteiger partial charge in [0.25, 0.3) is 0 Å². The van der Waals surface area contributed by atoms with Crippen LogP contribution >= 0.6 is 0 Å². The quantitative estimate of drug-likeness (QED) is 0.550. The predicted molar refractivity (Wildman–Crippen MR) is 67.6 cm³/mol. The Hall–Kier alpha value is -1.04. The van der Waals surface area contributed by atoms with Crippen LogP contribution in [0.4, 0.5) is 26.3 Å². The largest absolute Gasteiger partial charge is 0.511 e. The van der Waals surface area contributed by atoms with Crippen molar-refractivity contribution >= 4 is 16.0 Å². The van der Waals surface area contributed by atoms with Crippen LogP contribution < -0.4 is 4.72 Å². The monoisotopic (exact) mass is 373 g/mol. The summed E-state index contributed by atoms with van der Waals surface area (Å²) in [6.07, 6.45) is -6.60. The van der Waals surface area contributed by atoms with E-state index in [4.69, 9.17) is 0 Å². The molecule has 0 rings (SSSR count). The molecule has 0 saturated heterocycles. The number of hydrogen-bond acceptors (Lipinski definition) is 4. The lowest BCUT2D eigenvalue weighted by atomic mass is 9.91. The van der Waals surface area contributed by atoms with Crippen LogP contribution in [0.25, 0.3) is 0 Å². The highest BCUT2D eigenvalue weighted by Crippen LogP contribution is 2.27. The first-order valence-electron chi connectivity index (χ1n) is 6.34. The number of halogens is 6. The van der Waals surface area contributed by atoms with Gasteiger partial charge in [-0.05, 0) is 20.3 Å². The van der Waals surface area contributed by atoms with Gasteiger partial charge in [0.1, 0.15) is 6.61 Å². The van der Waals surface area contributed by atoms with Crippen LogP contribution in [-0.2, 0) is 19.6 Å². The third-order valence-electron chi connectivity index (χ3n) is 2.96. The molecule has 0 amide bonds. The van der Waals surface area contributed by atoms with E-state index >= 15 is 0 Å². The zero-order valence-corrected chi connectivity index (χ0v) is 13.3. The normalized spacial score (nSPS) is 15.3. The van der Waals surface area contributed by atoms with Gasteiger partial charge in [-0.1, -0.05) is 6.92 Å². The van der Waals surface area contributed by atoms with Crippen molar-refractivity contribution in [2.45, 2.75) is 51.3 Å². The molecular weight excluding hydrogens is 356 g/mol. The van der Waals surface area contributed by atoms with Gasteiger partial charge in [0.2, 0.25) is 0 Å². The van der Waals surface area contributed by atoms with Crippen LogP contribution in [-0.4, -0.2) is 38.7 Å². The molecule has 5 nitrogen and oxygen atoms in total. The lowest BCUT2D eigenvalue weighted by Crippen LogP contribution is -2.47. The minimum atomic E-state index is -6.00. The van der Waals surface area contributed by atoms with Crippen LogP contribution in [0, 0.1) is 5.41 Å². The molecule has 0 aromatic rings. The Balaban J connectivity index is 5.09. The third kappa shape index (κ3) is 7.38. The molecule has 138 valence electrons. The summed E-state index contributed by atoms with van der Waals surface area (Å²) in [5, 5.41) is 0. The van der Waals surface area contributed by atoms with E-state index in [0.717, 1.165) is 4.72 Å². The first-order chi connectivity index (χ1) is 10.0. The summed E-state index contributed by atoms with van der Waals surface area (Å²) in [6, 6.07) is -2.28. The Kier molecular flexibility index (Phi) is 6.91. The summed E-state index contributed by atoms with van der Waals surface area (Å²) in [7, 11) is -6.00. The maximum absolute atomic E-state index is 12.3. The summed E-state index contributed by atoms with van der Waals surface area (Å²) in [6.45, 7) is 3.28. The smallest absolute Gasteiger partial charge is 0.464 e. The van der Waals surface area contributed by atoms with Gasteiger partial charge in [0.05, 0.1) is 17.9 Å². The minimum Gasteiger partial charge on any atom is -0.464 e. The van der Waals surface area contributed by atoms with Gasteiger partial charge in [0, 0.05) is 0 Å². The number of hydrogen-bond donors (Lipinski definition) is 1. The molecular formula is C11H17F6NO4S. The van der Waals surface area contributed by atoms with Crippen molar-refractivity contribution in [3.05, 3.63) is 0 Å². The molecule has 0 fully saturated rings. The van der Waals surface area contributed by atoms with Gasteiger partial charge in [-0.3, -0.25) is 4.79 Å². The highest BCUT2D eigenvalue weighted by molar-refractivity contribution is 7.90. The molecule has 0 radical (unpaired) electrons. The summed E-state index contributed by atoms with van der Waals surface area (Å²) in [5.74, 6) is -0.946. The number of carbonyl (C=O) groups excluding carboxylic acids is 1. The first kappa shape index (κ1) is 22.0. The van der Waals surface area contributed by atoms with Crippen molar-refractivity contribution in [2.75, 3.05) is 6.61 Å². The molecule has 0 aliphatic heterocycles. The number of carbonyl (C=O) groups is 1. The van der Waals surface area contributed by atoms with E-state index in [0.29, 0.717) is 0 Å². The fraction of sp³-hybridized carbons (Fsp3) is 0.909. The molecule has 23 heavy (non-hydrogen) atoms. The van der Waals surface area contributed by atoms with Gasteiger partial charge in [0.15, 0.2) is 0 Å². The number of alkyl halides is 6. The highest BCUT2D eigenvalue weighted by Gasteiger charge is 2.48. The molecule has 0 saturated carbocycles. The maximum Gasteiger partial charge on any atom is 0.511 e. The second-order valence-electron chi connectivity index (χ2n) is 5.42. The van der Waals surface area contributed by atoms with Gasteiger partial charge < -0.3 is 4.74 Å². The predicted octanol–water partition coefficient (Wildman–Crippen LogP) is 2.73. The van der Waals surface area contributed by atoms with Crippen molar-refractivity contribution < 1.29 is 44.3 Å². The average Bonchev–Trinajstić information content (AvgIpc) is 2.31. The number of ether oxygens (including phenoxy) is 1. The van der Waals surface area contributed by atoms with E-state index in [1.165, 1.54) is 13.8 Å². The van der Waals surface area contributed by atoms with Crippen molar-refractivity contribution in [1.82, 2.24) is 4.72 Å². The van der Waals surface area contributed by atoms with Crippen molar-refractivity contribution in [2.24, 2.45) is 5.41 Å². The summed E-state index contributed by atoms with van der Waals surface area (Å²) >= 11 is 0. The third-order valence-corrected chi connectivity index (χ3v) is 4.21.